The first-order chi connectivity index (χ1) is 10.2. The van der Waals surface area contributed by atoms with Crippen molar-refractivity contribution >= 4 is 22.1 Å². The van der Waals surface area contributed by atoms with E-state index in [1.54, 1.807) is 11.3 Å². The molecule has 21 heavy (non-hydrogen) atoms. The maximum atomic E-state index is 4.92. The molecule has 0 aromatic carbocycles. The fourth-order valence-electron chi connectivity index (χ4n) is 3.15. The van der Waals surface area contributed by atoms with Gasteiger partial charge in [0.15, 0.2) is 10.8 Å². The van der Waals surface area contributed by atoms with E-state index in [-0.39, 0.29) is 0 Å². The summed E-state index contributed by atoms with van der Waals surface area (Å²) < 4.78 is 2.24. The van der Waals surface area contributed by atoms with E-state index in [1.165, 1.54) is 24.5 Å². The Kier molecular flexibility index (Phi) is 4.47. The van der Waals surface area contributed by atoms with Crippen LogP contribution in [0.25, 0.3) is 4.96 Å². The van der Waals surface area contributed by atoms with Crippen LogP contribution in [0.5, 0.6) is 0 Å². The monoisotopic (exact) mass is 307 g/mol. The molecule has 1 atom stereocenters. The Morgan fingerprint density at radius 1 is 1.43 bits per heavy atom. The quantitative estimate of drug-likeness (QED) is 0.938. The normalized spacial score (nSPS) is 21.1. The Balaban J connectivity index is 1.95. The van der Waals surface area contributed by atoms with Crippen LogP contribution in [0.2, 0.25) is 0 Å². The lowest BCUT2D eigenvalue weighted by Gasteiger charge is -2.29. The zero-order valence-electron chi connectivity index (χ0n) is 13.2. The van der Waals surface area contributed by atoms with Gasteiger partial charge in [0, 0.05) is 37.3 Å². The van der Waals surface area contributed by atoms with Gasteiger partial charge in [0.1, 0.15) is 0 Å². The summed E-state index contributed by atoms with van der Waals surface area (Å²) in [4.78, 5) is 10.9. The number of thiazole rings is 1. The van der Waals surface area contributed by atoms with Gasteiger partial charge in [-0.2, -0.15) is 0 Å². The van der Waals surface area contributed by atoms with Crippen molar-refractivity contribution in [1.82, 2.24) is 19.6 Å². The van der Waals surface area contributed by atoms with Crippen LogP contribution < -0.4 is 10.2 Å². The van der Waals surface area contributed by atoms with Crippen molar-refractivity contribution in [3.63, 3.8) is 0 Å². The van der Waals surface area contributed by atoms with Crippen LogP contribution in [0.4, 0.5) is 5.82 Å². The third-order valence-electron chi connectivity index (χ3n) is 4.20. The highest BCUT2D eigenvalue weighted by atomic mass is 32.1. The summed E-state index contributed by atoms with van der Waals surface area (Å²) in [6, 6.07) is 0.502. The summed E-state index contributed by atoms with van der Waals surface area (Å²) in [6.07, 6.45) is 3.34. The molecular weight excluding hydrogens is 282 g/mol. The highest BCUT2D eigenvalue weighted by Crippen LogP contribution is 2.27. The van der Waals surface area contributed by atoms with E-state index < -0.39 is 0 Å². The van der Waals surface area contributed by atoms with Crippen LogP contribution >= 0.6 is 11.3 Å². The molecule has 116 valence electrons. The van der Waals surface area contributed by atoms with Crippen molar-refractivity contribution in [2.75, 3.05) is 38.1 Å². The van der Waals surface area contributed by atoms with Crippen LogP contribution in [-0.4, -0.2) is 53.6 Å². The molecule has 1 N–H and O–H groups in total. The first-order valence-corrected chi connectivity index (χ1v) is 8.69. The van der Waals surface area contributed by atoms with Crippen LogP contribution in [0.1, 0.15) is 26.0 Å². The third-order valence-corrected chi connectivity index (χ3v) is 4.96. The Morgan fingerprint density at radius 3 is 3.10 bits per heavy atom. The molecule has 3 heterocycles. The molecule has 0 saturated carbocycles. The van der Waals surface area contributed by atoms with Gasteiger partial charge in [0.25, 0.3) is 0 Å². The second kappa shape index (κ2) is 6.34. The highest BCUT2D eigenvalue weighted by Gasteiger charge is 2.25. The minimum Gasteiger partial charge on any atom is -0.351 e. The number of nitrogens with one attached hydrogen (secondary N) is 1. The molecule has 1 unspecified atom stereocenters. The van der Waals surface area contributed by atoms with Crippen molar-refractivity contribution in [3.05, 3.63) is 17.3 Å². The molecule has 5 nitrogen and oxygen atoms in total. The van der Waals surface area contributed by atoms with Gasteiger partial charge in [0.05, 0.1) is 5.69 Å². The molecule has 6 heteroatoms. The smallest absolute Gasteiger partial charge is 0.195 e. The number of aromatic nitrogens is 2. The van der Waals surface area contributed by atoms with Crippen LogP contribution in [0.3, 0.4) is 0 Å². The van der Waals surface area contributed by atoms with Gasteiger partial charge in [0.2, 0.25) is 0 Å². The largest absolute Gasteiger partial charge is 0.351 e. The molecule has 0 amide bonds. The van der Waals surface area contributed by atoms with Gasteiger partial charge in [-0.3, -0.25) is 4.40 Å². The number of rotatable bonds is 4. The molecule has 0 spiro atoms. The summed E-state index contributed by atoms with van der Waals surface area (Å²) in [5.41, 5.74) is 1.30. The second-order valence-corrected chi connectivity index (χ2v) is 6.75. The Bertz CT molecular complexity index is 590. The Labute approximate surface area is 130 Å². The molecule has 0 aliphatic carbocycles. The third kappa shape index (κ3) is 2.93. The summed E-state index contributed by atoms with van der Waals surface area (Å²) in [5.74, 6) is 1.17. The summed E-state index contributed by atoms with van der Waals surface area (Å²) in [6.45, 7) is 9.69. The number of fused-ring (bicyclic) bond motifs is 1. The Hall–Kier alpha value is -1.11. The lowest BCUT2D eigenvalue weighted by Crippen LogP contribution is -2.39. The molecule has 1 saturated heterocycles. The van der Waals surface area contributed by atoms with Crippen molar-refractivity contribution < 1.29 is 0 Å². The van der Waals surface area contributed by atoms with Gasteiger partial charge < -0.3 is 15.1 Å². The second-order valence-electron chi connectivity index (χ2n) is 5.88. The topological polar surface area (TPSA) is 35.8 Å². The van der Waals surface area contributed by atoms with Gasteiger partial charge in [-0.15, -0.1) is 11.3 Å². The van der Waals surface area contributed by atoms with E-state index in [9.17, 15) is 0 Å². The summed E-state index contributed by atoms with van der Waals surface area (Å²) in [7, 11) is 2.21. The zero-order valence-corrected chi connectivity index (χ0v) is 14.0. The molecule has 3 rings (SSSR count). The van der Waals surface area contributed by atoms with Gasteiger partial charge >= 0.3 is 0 Å². The maximum absolute atomic E-state index is 4.92. The fourth-order valence-corrected chi connectivity index (χ4v) is 3.87. The van der Waals surface area contributed by atoms with Gasteiger partial charge in [-0.25, -0.2) is 4.98 Å². The van der Waals surface area contributed by atoms with E-state index in [0.29, 0.717) is 6.04 Å². The molecule has 1 aliphatic heterocycles. The highest BCUT2D eigenvalue weighted by molar-refractivity contribution is 7.15. The molecule has 1 fully saturated rings. The fraction of sp³-hybridized carbons (Fsp3) is 0.667. The number of anilines is 1. The first kappa shape index (κ1) is 14.8. The van der Waals surface area contributed by atoms with Gasteiger partial charge in [-0.1, -0.05) is 6.92 Å². The minimum absolute atomic E-state index is 0.502. The zero-order chi connectivity index (χ0) is 14.8. The SMILES string of the molecule is CCNCc1c(N2CCCN(C)CC2C)nc2sccn12. The van der Waals surface area contributed by atoms with E-state index in [1.807, 2.05) is 0 Å². The summed E-state index contributed by atoms with van der Waals surface area (Å²) >= 11 is 1.71. The average Bonchev–Trinajstić information content (AvgIpc) is 2.97. The van der Waals surface area contributed by atoms with E-state index in [4.69, 9.17) is 4.98 Å². The minimum atomic E-state index is 0.502. The lowest BCUT2D eigenvalue weighted by molar-refractivity contribution is 0.337. The van der Waals surface area contributed by atoms with Crippen LogP contribution in [0, 0.1) is 0 Å². The maximum Gasteiger partial charge on any atom is 0.195 e. The van der Waals surface area contributed by atoms with E-state index in [0.717, 1.165) is 31.1 Å². The van der Waals surface area contributed by atoms with Crippen LogP contribution in [-0.2, 0) is 6.54 Å². The average molecular weight is 307 g/mol. The molecule has 2 aromatic rings. The Morgan fingerprint density at radius 2 is 2.29 bits per heavy atom. The molecule has 2 aromatic heterocycles. The van der Waals surface area contributed by atoms with Crippen LogP contribution in [0.15, 0.2) is 11.6 Å². The summed E-state index contributed by atoms with van der Waals surface area (Å²) in [5, 5.41) is 5.57. The predicted octanol–water partition coefficient (Wildman–Crippen LogP) is 2.04. The number of hydrogen-bond donors (Lipinski definition) is 1. The van der Waals surface area contributed by atoms with E-state index in [2.05, 4.69) is 52.0 Å². The van der Waals surface area contributed by atoms with Crippen molar-refractivity contribution in [2.45, 2.75) is 32.9 Å². The van der Waals surface area contributed by atoms with E-state index >= 15 is 0 Å². The number of nitrogens with zero attached hydrogens (tertiary/aromatic N) is 4. The molecule has 0 radical (unpaired) electrons. The molecule has 0 bridgehead atoms. The lowest BCUT2D eigenvalue weighted by atomic mass is 10.2. The molecular formula is C15H25N5S. The first-order valence-electron chi connectivity index (χ1n) is 7.81. The van der Waals surface area contributed by atoms with Gasteiger partial charge in [-0.05, 0) is 33.5 Å². The number of imidazole rings is 1. The predicted molar refractivity (Wildman–Crippen MR) is 89.4 cm³/mol. The molecule has 1 aliphatic rings. The standard InChI is InChI=1S/C15H25N5S/c1-4-16-10-13-14(17-15-20(13)8-9-21-15)19-7-5-6-18(3)11-12(19)2/h8-9,12,16H,4-7,10-11H2,1-3H3. The van der Waals surface area contributed by atoms with Crippen molar-refractivity contribution in [2.24, 2.45) is 0 Å². The van der Waals surface area contributed by atoms with Crippen molar-refractivity contribution in [1.29, 1.82) is 0 Å². The number of likely N-dealkylation sites (N-methyl/N-ethyl adjacent to an activating group) is 1. The number of hydrogen-bond acceptors (Lipinski definition) is 5. The van der Waals surface area contributed by atoms with Crippen molar-refractivity contribution in [3.8, 4) is 0 Å².